The molecule has 28 heavy (non-hydrogen) atoms. The number of nitrogens with one attached hydrogen (secondary N) is 1. The Morgan fingerprint density at radius 1 is 1.07 bits per heavy atom. The number of hydrogen-bond acceptors (Lipinski definition) is 5. The highest BCUT2D eigenvalue weighted by Crippen LogP contribution is 2.25. The van der Waals surface area contributed by atoms with E-state index in [0.717, 1.165) is 39.8 Å². The normalized spacial score (nSPS) is 11.1. The maximum absolute atomic E-state index is 5.87. The van der Waals surface area contributed by atoms with Gasteiger partial charge in [-0.05, 0) is 36.4 Å². The second-order valence-electron chi connectivity index (χ2n) is 6.34. The SMILES string of the molecule is c1ccc(COc2cccc(-c3nc4c(cnn4Cc4ccco4)[nH]3)c2)nc1. The molecule has 7 nitrogen and oxygen atoms in total. The van der Waals surface area contributed by atoms with Gasteiger partial charge < -0.3 is 14.1 Å². The van der Waals surface area contributed by atoms with Crippen LogP contribution in [0.2, 0.25) is 0 Å². The lowest BCUT2D eigenvalue weighted by Gasteiger charge is -2.06. The van der Waals surface area contributed by atoms with Crippen LogP contribution in [0.5, 0.6) is 5.75 Å². The van der Waals surface area contributed by atoms with E-state index in [0.29, 0.717) is 13.2 Å². The van der Waals surface area contributed by atoms with Crippen molar-refractivity contribution in [2.45, 2.75) is 13.2 Å². The van der Waals surface area contributed by atoms with E-state index in [-0.39, 0.29) is 0 Å². The summed E-state index contributed by atoms with van der Waals surface area (Å²) >= 11 is 0. The lowest BCUT2D eigenvalue weighted by Crippen LogP contribution is -2.00. The van der Waals surface area contributed by atoms with Crippen molar-refractivity contribution in [3.63, 3.8) is 0 Å². The summed E-state index contributed by atoms with van der Waals surface area (Å²) in [6.07, 6.45) is 5.19. The van der Waals surface area contributed by atoms with E-state index < -0.39 is 0 Å². The predicted molar refractivity (Wildman–Crippen MR) is 104 cm³/mol. The minimum absolute atomic E-state index is 0.419. The van der Waals surface area contributed by atoms with Crippen molar-refractivity contribution >= 4 is 11.2 Å². The average molecular weight is 371 g/mol. The molecule has 0 atom stereocenters. The van der Waals surface area contributed by atoms with Crippen molar-refractivity contribution in [1.29, 1.82) is 0 Å². The van der Waals surface area contributed by atoms with Crippen molar-refractivity contribution in [2.75, 3.05) is 0 Å². The lowest BCUT2D eigenvalue weighted by atomic mass is 10.2. The van der Waals surface area contributed by atoms with Crippen molar-refractivity contribution in [3.05, 3.63) is 84.7 Å². The standard InChI is InChI=1S/C21H17N5O2/c1-2-9-22-16(6-1)14-28-17-7-3-5-15(11-17)20-24-19-12-23-26(21(19)25-20)13-18-8-4-10-27-18/h1-12H,13-14H2,(H,24,25). The number of fused-ring (bicyclic) bond motifs is 1. The molecule has 0 spiro atoms. The summed E-state index contributed by atoms with van der Waals surface area (Å²) in [6, 6.07) is 17.4. The highest BCUT2D eigenvalue weighted by atomic mass is 16.5. The van der Waals surface area contributed by atoms with Gasteiger partial charge in [-0.15, -0.1) is 0 Å². The number of aromatic nitrogens is 5. The molecule has 0 bridgehead atoms. The molecular weight excluding hydrogens is 354 g/mol. The van der Waals surface area contributed by atoms with E-state index in [1.807, 2.05) is 59.3 Å². The zero-order valence-electron chi connectivity index (χ0n) is 14.9. The molecular formula is C21H17N5O2. The van der Waals surface area contributed by atoms with Gasteiger partial charge in [0.05, 0.1) is 18.2 Å². The average Bonchev–Trinajstić information content (AvgIpc) is 3.47. The van der Waals surface area contributed by atoms with Gasteiger partial charge in [0.1, 0.15) is 36.0 Å². The Morgan fingerprint density at radius 2 is 2.07 bits per heavy atom. The molecule has 0 radical (unpaired) electrons. The van der Waals surface area contributed by atoms with Crippen LogP contribution in [0.15, 0.2) is 77.7 Å². The first-order valence-corrected chi connectivity index (χ1v) is 8.92. The topological polar surface area (TPSA) is 81.8 Å². The molecule has 4 aromatic heterocycles. The van der Waals surface area contributed by atoms with E-state index in [9.17, 15) is 0 Å². The monoisotopic (exact) mass is 371 g/mol. The van der Waals surface area contributed by atoms with E-state index in [1.165, 1.54) is 0 Å². The molecule has 0 aliphatic heterocycles. The quantitative estimate of drug-likeness (QED) is 0.487. The van der Waals surface area contributed by atoms with Crippen LogP contribution in [0.1, 0.15) is 11.5 Å². The number of nitrogens with zero attached hydrogens (tertiary/aromatic N) is 4. The summed E-state index contributed by atoms with van der Waals surface area (Å²) < 4.78 is 13.1. The number of pyridine rings is 1. The van der Waals surface area contributed by atoms with Gasteiger partial charge in [0.15, 0.2) is 5.65 Å². The second kappa shape index (κ2) is 7.03. The molecule has 138 valence electrons. The lowest BCUT2D eigenvalue weighted by molar-refractivity contribution is 0.301. The number of rotatable bonds is 6. The van der Waals surface area contributed by atoms with Crippen molar-refractivity contribution in [3.8, 4) is 17.1 Å². The van der Waals surface area contributed by atoms with E-state index in [2.05, 4.69) is 15.1 Å². The Hall–Kier alpha value is -3.87. The van der Waals surface area contributed by atoms with Gasteiger partial charge in [-0.25, -0.2) is 9.67 Å². The smallest absolute Gasteiger partial charge is 0.177 e. The summed E-state index contributed by atoms with van der Waals surface area (Å²) in [4.78, 5) is 12.3. The molecule has 5 rings (SSSR count). The molecule has 0 saturated carbocycles. The minimum Gasteiger partial charge on any atom is -0.487 e. The zero-order chi connectivity index (χ0) is 18.8. The van der Waals surface area contributed by atoms with Crippen molar-refractivity contribution in [1.82, 2.24) is 24.7 Å². The fourth-order valence-corrected chi connectivity index (χ4v) is 3.02. The molecule has 0 fully saturated rings. The van der Waals surface area contributed by atoms with Crippen molar-refractivity contribution < 1.29 is 9.15 Å². The summed E-state index contributed by atoms with van der Waals surface area (Å²) in [7, 11) is 0. The molecule has 4 heterocycles. The highest BCUT2D eigenvalue weighted by Gasteiger charge is 2.12. The molecule has 1 aromatic carbocycles. The number of H-pyrrole nitrogens is 1. The molecule has 0 saturated heterocycles. The fourth-order valence-electron chi connectivity index (χ4n) is 3.02. The van der Waals surface area contributed by atoms with Crippen LogP contribution >= 0.6 is 0 Å². The van der Waals surface area contributed by atoms with Crippen LogP contribution in [0.4, 0.5) is 0 Å². The molecule has 0 aliphatic rings. The highest BCUT2D eigenvalue weighted by molar-refractivity contribution is 5.76. The molecule has 7 heteroatoms. The van der Waals surface area contributed by atoms with Gasteiger partial charge in [-0.1, -0.05) is 18.2 Å². The second-order valence-corrected chi connectivity index (χ2v) is 6.34. The van der Waals surface area contributed by atoms with Gasteiger partial charge in [-0.3, -0.25) is 4.98 Å². The maximum Gasteiger partial charge on any atom is 0.177 e. The van der Waals surface area contributed by atoms with Crippen LogP contribution < -0.4 is 4.74 Å². The van der Waals surface area contributed by atoms with E-state index in [1.54, 1.807) is 18.7 Å². The number of hydrogen-bond donors (Lipinski definition) is 1. The first-order chi connectivity index (χ1) is 13.8. The summed E-state index contributed by atoms with van der Waals surface area (Å²) in [6.45, 7) is 0.955. The predicted octanol–water partition coefficient (Wildman–Crippen LogP) is 4.04. The van der Waals surface area contributed by atoms with Gasteiger partial charge in [0.25, 0.3) is 0 Å². The first-order valence-electron chi connectivity index (χ1n) is 8.92. The molecule has 0 aliphatic carbocycles. The summed E-state index contributed by atoms with van der Waals surface area (Å²) in [5.74, 6) is 2.36. The fraction of sp³-hybridized carbons (Fsp3) is 0.0952. The Morgan fingerprint density at radius 3 is 2.93 bits per heavy atom. The van der Waals surface area contributed by atoms with E-state index >= 15 is 0 Å². The number of benzene rings is 1. The Balaban J connectivity index is 1.38. The number of imidazole rings is 1. The molecule has 5 aromatic rings. The maximum atomic E-state index is 5.87. The third-order valence-corrected chi connectivity index (χ3v) is 4.39. The van der Waals surface area contributed by atoms with E-state index in [4.69, 9.17) is 14.1 Å². The minimum atomic E-state index is 0.419. The van der Waals surface area contributed by atoms with Gasteiger partial charge >= 0.3 is 0 Å². The third-order valence-electron chi connectivity index (χ3n) is 4.39. The molecule has 0 unspecified atom stereocenters. The van der Waals surface area contributed by atoms with Gasteiger partial charge in [0, 0.05) is 11.8 Å². The van der Waals surface area contributed by atoms with Crippen molar-refractivity contribution in [2.24, 2.45) is 0 Å². The van der Waals surface area contributed by atoms with Crippen LogP contribution in [0.25, 0.3) is 22.6 Å². The van der Waals surface area contributed by atoms with Crippen LogP contribution in [-0.2, 0) is 13.2 Å². The van der Waals surface area contributed by atoms with Crippen LogP contribution in [0.3, 0.4) is 0 Å². The molecule has 1 N–H and O–H groups in total. The van der Waals surface area contributed by atoms with Gasteiger partial charge in [0.2, 0.25) is 0 Å². The first kappa shape index (κ1) is 16.3. The number of furan rings is 1. The van der Waals surface area contributed by atoms with Gasteiger partial charge in [-0.2, -0.15) is 5.10 Å². The molecule has 0 amide bonds. The Kier molecular flexibility index (Phi) is 4.10. The summed E-state index contributed by atoms with van der Waals surface area (Å²) in [5.41, 5.74) is 3.49. The Bertz CT molecular complexity index is 1190. The number of ether oxygens (including phenoxy) is 1. The van der Waals surface area contributed by atoms with Crippen LogP contribution in [-0.4, -0.2) is 24.7 Å². The third kappa shape index (κ3) is 3.25. The number of aromatic amines is 1. The summed E-state index contributed by atoms with van der Waals surface area (Å²) in [5, 5.41) is 4.38. The Labute approximate surface area is 160 Å². The zero-order valence-corrected chi connectivity index (χ0v) is 14.9. The van der Waals surface area contributed by atoms with Crippen LogP contribution in [0, 0.1) is 0 Å². The largest absolute Gasteiger partial charge is 0.487 e.